The molecule has 0 aliphatic carbocycles. The van der Waals surface area contributed by atoms with Crippen molar-refractivity contribution in [1.82, 2.24) is 29.0 Å². The molecule has 0 spiro atoms. The van der Waals surface area contributed by atoms with Gasteiger partial charge in [0.05, 0.1) is 10.6 Å². The molecule has 0 saturated carbocycles. The Balaban J connectivity index is 1.34. The number of para-hydroxylation sites is 1. The molecule has 4 heterocycles. The van der Waals surface area contributed by atoms with Crippen molar-refractivity contribution < 1.29 is 4.79 Å². The third-order valence-corrected chi connectivity index (χ3v) is 6.88. The number of aryl methyl sites for hydroxylation is 2. The number of amides is 1. The number of piperidine rings is 1. The number of benzene rings is 1. The summed E-state index contributed by atoms with van der Waals surface area (Å²) in [6.45, 7) is 1.23. The van der Waals surface area contributed by atoms with Crippen LogP contribution in [-0.4, -0.2) is 48.0 Å². The quantitative estimate of drug-likeness (QED) is 0.481. The first-order chi connectivity index (χ1) is 15.5. The van der Waals surface area contributed by atoms with Crippen molar-refractivity contribution in [3.05, 3.63) is 75.9 Å². The molecule has 1 fully saturated rings. The largest absolute Gasteiger partial charge is 0.350 e. The van der Waals surface area contributed by atoms with E-state index in [9.17, 15) is 9.59 Å². The Morgan fingerprint density at radius 2 is 1.75 bits per heavy atom. The maximum absolute atomic E-state index is 13.2. The van der Waals surface area contributed by atoms with Crippen molar-refractivity contribution in [2.75, 3.05) is 13.1 Å². The van der Waals surface area contributed by atoms with E-state index in [0.717, 1.165) is 34.9 Å². The number of hydrogen-bond acceptors (Lipinski definition) is 5. The molecule has 1 aliphatic rings. The van der Waals surface area contributed by atoms with E-state index in [1.165, 1.54) is 4.68 Å². The lowest BCUT2D eigenvalue weighted by molar-refractivity contribution is 0.0699. The van der Waals surface area contributed by atoms with Gasteiger partial charge in [-0.25, -0.2) is 14.0 Å². The van der Waals surface area contributed by atoms with Crippen molar-refractivity contribution in [3.8, 4) is 16.3 Å². The zero-order valence-corrected chi connectivity index (χ0v) is 18.8. The van der Waals surface area contributed by atoms with E-state index in [0.29, 0.717) is 18.8 Å². The minimum absolute atomic E-state index is 0.0114. The molecule has 1 aromatic carbocycles. The first kappa shape index (κ1) is 20.4. The predicted molar refractivity (Wildman–Crippen MR) is 123 cm³/mol. The number of carbonyl (C=O) groups excluding carboxylic acids is 1. The highest BCUT2D eigenvalue weighted by atomic mass is 32.1. The fourth-order valence-corrected chi connectivity index (χ4v) is 4.96. The summed E-state index contributed by atoms with van der Waals surface area (Å²) >= 11 is 1.61. The summed E-state index contributed by atoms with van der Waals surface area (Å²) in [5, 5.41) is 11.1. The number of thiophene rings is 1. The van der Waals surface area contributed by atoms with Gasteiger partial charge in [-0.2, -0.15) is 10.2 Å². The fourth-order valence-electron chi connectivity index (χ4n) is 4.28. The second-order valence-electron chi connectivity index (χ2n) is 8.02. The van der Waals surface area contributed by atoms with Gasteiger partial charge < -0.3 is 4.90 Å². The second kappa shape index (κ2) is 8.23. The Morgan fingerprint density at radius 1 is 1.00 bits per heavy atom. The van der Waals surface area contributed by atoms with Gasteiger partial charge in [0.2, 0.25) is 0 Å². The van der Waals surface area contributed by atoms with E-state index in [1.807, 2.05) is 65.9 Å². The average Bonchev–Trinajstić information content (AvgIpc) is 3.54. The first-order valence-electron chi connectivity index (χ1n) is 10.6. The van der Waals surface area contributed by atoms with Crippen molar-refractivity contribution in [1.29, 1.82) is 0 Å². The fraction of sp³-hybridized carbons (Fsp3) is 0.304. The Morgan fingerprint density at radius 3 is 2.44 bits per heavy atom. The van der Waals surface area contributed by atoms with Crippen LogP contribution in [0.15, 0.2) is 58.7 Å². The third kappa shape index (κ3) is 3.58. The molecule has 0 N–H and O–H groups in total. The van der Waals surface area contributed by atoms with Gasteiger partial charge in [-0.3, -0.25) is 9.48 Å². The van der Waals surface area contributed by atoms with Crippen LogP contribution in [0.2, 0.25) is 0 Å². The molecular formula is C23H24N6O2S. The molecule has 1 amide bonds. The molecule has 1 saturated heterocycles. The van der Waals surface area contributed by atoms with Crippen LogP contribution in [0.5, 0.6) is 0 Å². The maximum Gasteiger partial charge on any atom is 0.350 e. The van der Waals surface area contributed by atoms with Crippen LogP contribution in [0, 0.1) is 0 Å². The Kier molecular flexibility index (Phi) is 5.26. The van der Waals surface area contributed by atoms with Gasteiger partial charge in [0, 0.05) is 33.1 Å². The van der Waals surface area contributed by atoms with Crippen molar-refractivity contribution in [2.24, 2.45) is 14.1 Å². The van der Waals surface area contributed by atoms with Crippen LogP contribution in [-0.2, 0) is 14.1 Å². The summed E-state index contributed by atoms with van der Waals surface area (Å²) in [4.78, 5) is 28.8. The number of aromatic nitrogens is 5. The minimum Gasteiger partial charge on any atom is -0.337 e. The first-order valence-corrected chi connectivity index (χ1v) is 11.5. The highest BCUT2D eigenvalue weighted by molar-refractivity contribution is 7.13. The topological polar surface area (TPSA) is 78.0 Å². The van der Waals surface area contributed by atoms with Crippen LogP contribution < -0.4 is 5.69 Å². The smallest absolute Gasteiger partial charge is 0.337 e. The lowest BCUT2D eigenvalue weighted by Crippen LogP contribution is -2.39. The number of rotatable bonds is 4. The molecule has 32 heavy (non-hydrogen) atoms. The predicted octanol–water partition coefficient (Wildman–Crippen LogP) is 3.05. The van der Waals surface area contributed by atoms with E-state index in [2.05, 4.69) is 10.2 Å². The zero-order chi connectivity index (χ0) is 22.2. The average molecular weight is 449 g/mol. The lowest BCUT2D eigenvalue weighted by atomic mass is 9.95. The van der Waals surface area contributed by atoms with Gasteiger partial charge in [-0.15, -0.1) is 11.3 Å². The molecule has 1 aliphatic heterocycles. The van der Waals surface area contributed by atoms with Gasteiger partial charge in [-0.1, -0.05) is 24.3 Å². The summed E-state index contributed by atoms with van der Waals surface area (Å²) < 4.78 is 4.74. The third-order valence-electron chi connectivity index (χ3n) is 5.98. The molecular weight excluding hydrogens is 424 g/mol. The highest BCUT2D eigenvalue weighted by Gasteiger charge is 2.30. The van der Waals surface area contributed by atoms with Crippen LogP contribution in [0.1, 0.15) is 35.1 Å². The van der Waals surface area contributed by atoms with Gasteiger partial charge >= 0.3 is 5.69 Å². The molecule has 3 aromatic heterocycles. The van der Waals surface area contributed by atoms with Gasteiger partial charge in [0.15, 0.2) is 0 Å². The molecule has 4 aromatic rings. The summed E-state index contributed by atoms with van der Waals surface area (Å²) in [5.41, 5.74) is 2.07. The van der Waals surface area contributed by atoms with Crippen LogP contribution >= 0.6 is 11.3 Å². The van der Waals surface area contributed by atoms with E-state index >= 15 is 0 Å². The molecule has 0 radical (unpaired) electrons. The lowest BCUT2D eigenvalue weighted by Gasteiger charge is -2.31. The second-order valence-corrected chi connectivity index (χ2v) is 8.97. The Labute approximate surface area is 189 Å². The van der Waals surface area contributed by atoms with Gasteiger partial charge in [0.25, 0.3) is 5.91 Å². The Bertz CT molecular complexity index is 1290. The number of hydrogen-bond donors (Lipinski definition) is 0. The molecule has 8 nitrogen and oxygen atoms in total. The van der Waals surface area contributed by atoms with Crippen LogP contribution in [0.25, 0.3) is 16.3 Å². The zero-order valence-electron chi connectivity index (χ0n) is 18.0. The molecule has 0 bridgehead atoms. The van der Waals surface area contributed by atoms with Gasteiger partial charge in [0.1, 0.15) is 17.2 Å². The summed E-state index contributed by atoms with van der Waals surface area (Å²) in [6, 6.07) is 15.4. The SMILES string of the molecule is Cn1nc(-c2cccs2)cc1C(=O)N1CCC(c2nn(C)c(=O)n2-c2ccccc2)CC1. The van der Waals surface area contributed by atoms with E-state index < -0.39 is 0 Å². The number of likely N-dealkylation sites (tertiary alicyclic amines) is 1. The minimum atomic E-state index is -0.152. The monoisotopic (exact) mass is 448 g/mol. The van der Waals surface area contributed by atoms with Crippen molar-refractivity contribution in [3.63, 3.8) is 0 Å². The summed E-state index contributed by atoms with van der Waals surface area (Å²) in [6.07, 6.45) is 1.51. The highest BCUT2D eigenvalue weighted by Crippen LogP contribution is 2.29. The molecule has 0 unspecified atom stereocenters. The van der Waals surface area contributed by atoms with Crippen LogP contribution in [0.4, 0.5) is 0 Å². The number of carbonyl (C=O) groups is 1. The molecule has 0 atom stereocenters. The van der Waals surface area contributed by atoms with Gasteiger partial charge in [-0.05, 0) is 42.5 Å². The normalized spacial score (nSPS) is 14.8. The van der Waals surface area contributed by atoms with Crippen molar-refractivity contribution >= 4 is 17.2 Å². The van der Waals surface area contributed by atoms with E-state index in [1.54, 1.807) is 27.6 Å². The van der Waals surface area contributed by atoms with E-state index in [-0.39, 0.29) is 17.5 Å². The molecule has 164 valence electrons. The molecule has 5 rings (SSSR count). The standard InChI is InChI=1S/C23H24N6O2S/c1-26-19(15-18(24-26)20-9-6-14-32-20)22(30)28-12-10-16(11-13-28)21-25-27(2)23(31)29(21)17-7-4-3-5-8-17/h3-9,14-16H,10-13H2,1-2H3. The Hall–Kier alpha value is -3.46. The maximum atomic E-state index is 13.2. The molecule has 9 heteroatoms. The van der Waals surface area contributed by atoms with Crippen LogP contribution in [0.3, 0.4) is 0 Å². The van der Waals surface area contributed by atoms with E-state index in [4.69, 9.17) is 0 Å². The number of nitrogens with zero attached hydrogens (tertiary/aromatic N) is 6. The summed E-state index contributed by atoms with van der Waals surface area (Å²) in [7, 11) is 3.49. The van der Waals surface area contributed by atoms with Crippen molar-refractivity contribution in [2.45, 2.75) is 18.8 Å². The summed E-state index contributed by atoms with van der Waals surface area (Å²) in [5.74, 6) is 0.861.